The van der Waals surface area contributed by atoms with Gasteiger partial charge in [0.2, 0.25) is 15.9 Å². The summed E-state index contributed by atoms with van der Waals surface area (Å²) >= 11 is 0. The summed E-state index contributed by atoms with van der Waals surface area (Å²) in [5.74, 6) is 0.437. The molecule has 2 aliphatic rings. The lowest BCUT2D eigenvalue weighted by atomic mass is 10.0. The number of hydrogen-bond donors (Lipinski definition) is 1. The minimum absolute atomic E-state index is 0.0203. The molecule has 25 heavy (non-hydrogen) atoms. The van der Waals surface area contributed by atoms with E-state index in [2.05, 4.69) is 19.2 Å². The number of piperazine rings is 1. The smallest absolute Gasteiger partial charge is 0.243 e. The molecular weight excluding hydrogens is 338 g/mol. The molecule has 1 atom stereocenters. The molecule has 0 bridgehead atoms. The lowest BCUT2D eigenvalue weighted by Gasteiger charge is -2.40. The first-order chi connectivity index (χ1) is 11.9. The van der Waals surface area contributed by atoms with Gasteiger partial charge in [-0.3, -0.25) is 4.79 Å². The van der Waals surface area contributed by atoms with Gasteiger partial charge in [0, 0.05) is 32.2 Å². The number of carbonyl (C=O) groups is 1. The van der Waals surface area contributed by atoms with E-state index in [1.54, 1.807) is 16.4 Å². The standard InChI is InChI=1S/C18H27N3O3S/c1-14(2)15-5-7-17(8-6-15)25(23,24)20-10-3-4-16(13-20)21-11-9-19-12-18(21)22/h5-8,14,16,19H,3-4,9-13H2,1-2H3. The number of sulfonamides is 1. The van der Waals surface area contributed by atoms with Crippen molar-refractivity contribution in [2.24, 2.45) is 0 Å². The summed E-state index contributed by atoms with van der Waals surface area (Å²) in [5.41, 5.74) is 1.13. The van der Waals surface area contributed by atoms with Crippen LogP contribution in [0.4, 0.5) is 0 Å². The molecule has 1 amide bonds. The molecule has 2 aliphatic heterocycles. The summed E-state index contributed by atoms with van der Waals surface area (Å²) in [6.07, 6.45) is 1.65. The highest BCUT2D eigenvalue weighted by Crippen LogP contribution is 2.25. The van der Waals surface area contributed by atoms with Gasteiger partial charge in [-0.25, -0.2) is 8.42 Å². The first kappa shape index (κ1) is 18.4. The number of nitrogens with one attached hydrogen (secondary N) is 1. The normalized spacial score (nSPS) is 23.2. The zero-order chi connectivity index (χ0) is 18.0. The fraction of sp³-hybridized carbons (Fsp3) is 0.611. The Hall–Kier alpha value is -1.44. The van der Waals surface area contributed by atoms with Crippen molar-refractivity contribution < 1.29 is 13.2 Å². The largest absolute Gasteiger partial charge is 0.336 e. The number of nitrogens with zero attached hydrogens (tertiary/aromatic N) is 2. The van der Waals surface area contributed by atoms with Crippen molar-refractivity contribution in [2.45, 2.75) is 43.5 Å². The summed E-state index contributed by atoms with van der Waals surface area (Å²) in [5, 5.41) is 3.06. The predicted octanol–water partition coefficient (Wildman–Crippen LogP) is 1.39. The van der Waals surface area contributed by atoms with Crippen molar-refractivity contribution in [3.05, 3.63) is 29.8 Å². The lowest BCUT2D eigenvalue weighted by molar-refractivity contribution is -0.135. The maximum absolute atomic E-state index is 13.0. The first-order valence-electron chi connectivity index (χ1n) is 9.00. The molecule has 0 aromatic heterocycles. The monoisotopic (exact) mass is 365 g/mol. The maximum Gasteiger partial charge on any atom is 0.243 e. The van der Waals surface area contributed by atoms with E-state index in [-0.39, 0.29) is 11.9 Å². The average molecular weight is 365 g/mol. The summed E-state index contributed by atoms with van der Waals surface area (Å²) in [6, 6.07) is 7.15. The topological polar surface area (TPSA) is 69.7 Å². The molecule has 0 aliphatic carbocycles. The highest BCUT2D eigenvalue weighted by atomic mass is 32.2. The molecule has 3 rings (SSSR count). The van der Waals surface area contributed by atoms with Crippen molar-refractivity contribution in [1.82, 2.24) is 14.5 Å². The van der Waals surface area contributed by atoms with Gasteiger partial charge in [-0.2, -0.15) is 4.31 Å². The SMILES string of the molecule is CC(C)c1ccc(S(=O)(=O)N2CCCC(N3CCNCC3=O)C2)cc1. The molecule has 0 saturated carbocycles. The Balaban J connectivity index is 1.76. The molecule has 0 radical (unpaired) electrons. The molecule has 6 nitrogen and oxygen atoms in total. The van der Waals surface area contributed by atoms with E-state index in [1.165, 1.54) is 0 Å². The molecule has 7 heteroatoms. The second kappa shape index (κ2) is 7.43. The van der Waals surface area contributed by atoms with Gasteiger partial charge in [0.05, 0.1) is 11.4 Å². The zero-order valence-corrected chi connectivity index (χ0v) is 15.8. The van der Waals surface area contributed by atoms with E-state index >= 15 is 0 Å². The average Bonchev–Trinajstić information content (AvgIpc) is 2.62. The number of amides is 1. The first-order valence-corrected chi connectivity index (χ1v) is 10.4. The van der Waals surface area contributed by atoms with E-state index in [4.69, 9.17) is 0 Å². The Bertz CT molecular complexity index is 716. The molecule has 138 valence electrons. The number of rotatable bonds is 4. The quantitative estimate of drug-likeness (QED) is 0.876. The summed E-state index contributed by atoms with van der Waals surface area (Å²) in [6.45, 7) is 6.85. The molecule has 2 heterocycles. The Morgan fingerprint density at radius 1 is 1.16 bits per heavy atom. The van der Waals surface area contributed by atoms with Gasteiger partial charge in [0.1, 0.15) is 0 Å². The van der Waals surface area contributed by atoms with Crippen LogP contribution in [0.3, 0.4) is 0 Å². The predicted molar refractivity (Wildman–Crippen MR) is 96.9 cm³/mol. The fourth-order valence-corrected chi connectivity index (χ4v) is 5.09. The number of benzene rings is 1. The van der Waals surface area contributed by atoms with Crippen molar-refractivity contribution in [3.63, 3.8) is 0 Å². The van der Waals surface area contributed by atoms with Crippen molar-refractivity contribution in [1.29, 1.82) is 0 Å². The highest BCUT2D eigenvalue weighted by Gasteiger charge is 2.35. The van der Waals surface area contributed by atoms with Gasteiger partial charge >= 0.3 is 0 Å². The number of hydrogen-bond acceptors (Lipinski definition) is 4. The molecule has 0 spiro atoms. The molecule has 1 N–H and O–H groups in total. The van der Waals surface area contributed by atoms with E-state index < -0.39 is 10.0 Å². The molecular formula is C18H27N3O3S. The molecule has 1 unspecified atom stereocenters. The Morgan fingerprint density at radius 3 is 2.52 bits per heavy atom. The Labute approximate surface area is 150 Å². The third-order valence-corrected chi connectivity index (χ3v) is 6.99. The van der Waals surface area contributed by atoms with Gasteiger partial charge in [0.25, 0.3) is 0 Å². The number of carbonyl (C=O) groups excluding carboxylic acids is 1. The summed E-state index contributed by atoms with van der Waals surface area (Å²) in [4.78, 5) is 14.3. The summed E-state index contributed by atoms with van der Waals surface area (Å²) < 4.78 is 27.5. The highest BCUT2D eigenvalue weighted by molar-refractivity contribution is 7.89. The van der Waals surface area contributed by atoms with E-state index in [9.17, 15) is 13.2 Å². The Kier molecular flexibility index (Phi) is 5.46. The molecule has 1 aromatic carbocycles. The van der Waals surface area contributed by atoms with Crippen LogP contribution in [0.25, 0.3) is 0 Å². The van der Waals surface area contributed by atoms with E-state index in [1.807, 2.05) is 17.0 Å². The van der Waals surface area contributed by atoms with Crippen molar-refractivity contribution in [2.75, 3.05) is 32.7 Å². The Morgan fingerprint density at radius 2 is 1.88 bits per heavy atom. The lowest BCUT2D eigenvalue weighted by Crippen LogP contribution is -2.57. The maximum atomic E-state index is 13.0. The minimum atomic E-state index is -3.51. The van der Waals surface area contributed by atoms with Crippen LogP contribution in [-0.2, 0) is 14.8 Å². The van der Waals surface area contributed by atoms with Crippen molar-refractivity contribution >= 4 is 15.9 Å². The fourth-order valence-electron chi connectivity index (χ4n) is 3.57. The van der Waals surface area contributed by atoms with Crippen LogP contribution < -0.4 is 5.32 Å². The van der Waals surface area contributed by atoms with E-state index in [0.717, 1.165) is 24.9 Å². The van der Waals surface area contributed by atoms with Crippen LogP contribution in [0.5, 0.6) is 0 Å². The van der Waals surface area contributed by atoms with E-state index in [0.29, 0.717) is 37.0 Å². The third-order valence-electron chi connectivity index (χ3n) is 5.11. The molecule has 2 fully saturated rings. The van der Waals surface area contributed by atoms with Crippen LogP contribution >= 0.6 is 0 Å². The van der Waals surface area contributed by atoms with Crippen LogP contribution in [0.15, 0.2) is 29.2 Å². The second-order valence-electron chi connectivity index (χ2n) is 7.15. The minimum Gasteiger partial charge on any atom is -0.336 e. The van der Waals surface area contributed by atoms with Gasteiger partial charge in [-0.05, 0) is 36.5 Å². The second-order valence-corrected chi connectivity index (χ2v) is 9.08. The summed E-state index contributed by atoms with van der Waals surface area (Å²) in [7, 11) is -3.51. The molecule has 2 saturated heterocycles. The third kappa shape index (κ3) is 3.88. The van der Waals surface area contributed by atoms with Gasteiger partial charge < -0.3 is 10.2 Å². The van der Waals surface area contributed by atoms with Crippen LogP contribution in [0.2, 0.25) is 0 Å². The molecule has 1 aromatic rings. The van der Waals surface area contributed by atoms with Crippen LogP contribution in [-0.4, -0.2) is 62.3 Å². The van der Waals surface area contributed by atoms with Gasteiger partial charge in [-0.1, -0.05) is 26.0 Å². The van der Waals surface area contributed by atoms with Crippen LogP contribution in [0.1, 0.15) is 38.2 Å². The van der Waals surface area contributed by atoms with Crippen LogP contribution in [0, 0.1) is 0 Å². The van der Waals surface area contributed by atoms with Crippen molar-refractivity contribution in [3.8, 4) is 0 Å². The van der Waals surface area contributed by atoms with Gasteiger partial charge in [-0.15, -0.1) is 0 Å². The number of piperidine rings is 1. The zero-order valence-electron chi connectivity index (χ0n) is 14.9. The van der Waals surface area contributed by atoms with Gasteiger partial charge in [0.15, 0.2) is 0 Å².